The Morgan fingerprint density at radius 1 is 1.00 bits per heavy atom. The summed E-state index contributed by atoms with van der Waals surface area (Å²) in [5.41, 5.74) is -0.577. The van der Waals surface area contributed by atoms with Gasteiger partial charge in [-0.1, -0.05) is 29.3 Å². The van der Waals surface area contributed by atoms with Crippen molar-refractivity contribution in [3.63, 3.8) is 0 Å². The normalized spacial score (nSPS) is 13.3. The summed E-state index contributed by atoms with van der Waals surface area (Å²) in [5.74, 6) is 0. The van der Waals surface area contributed by atoms with E-state index < -0.39 is 28.6 Å². The summed E-state index contributed by atoms with van der Waals surface area (Å²) in [7, 11) is 0. The fourth-order valence-corrected chi connectivity index (χ4v) is 3.82. The lowest BCUT2D eigenvalue weighted by Crippen LogP contribution is -2.50. The van der Waals surface area contributed by atoms with Crippen LogP contribution in [0, 0.1) is 5.41 Å². The van der Waals surface area contributed by atoms with Gasteiger partial charge in [0, 0.05) is 39.6 Å². The topological polar surface area (TPSA) is 61.9 Å². The Morgan fingerprint density at radius 3 is 2.06 bits per heavy atom. The van der Waals surface area contributed by atoms with Crippen LogP contribution in [0.4, 0.5) is 36.4 Å². The van der Waals surface area contributed by atoms with Gasteiger partial charge in [-0.2, -0.15) is 26.3 Å². The van der Waals surface area contributed by atoms with Crippen LogP contribution in [0.3, 0.4) is 0 Å². The Kier molecular flexibility index (Phi) is 7.91. The molecule has 4 N–H and O–H groups in total. The van der Waals surface area contributed by atoms with Gasteiger partial charge in [0.2, 0.25) is 0 Å². The van der Waals surface area contributed by atoms with Crippen molar-refractivity contribution in [1.29, 1.82) is 5.41 Å². The van der Waals surface area contributed by atoms with E-state index in [0.29, 0.717) is 22.2 Å². The van der Waals surface area contributed by atoms with Gasteiger partial charge >= 0.3 is 18.0 Å². The molecule has 3 nitrogen and oxygen atoms in total. The number of alkyl halides is 7. The SMILES string of the molecule is N=C/C(=C\Nc1c(Cl)cc(C(F)(C(F)(F)F)C(F)(F)F)cc1Br)c1ccc(Cl)c(CN)c1. The molecule has 0 unspecified atom stereocenters. The molecule has 0 saturated heterocycles. The molecule has 2 aromatic carbocycles. The summed E-state index contributed by atoms with van der Waals surface area (Å²) < 4.78 is 92.0. The number of halogens is 10. The summed E-state index contributed by atoms with van der Waals surface area (Å²) in [6, 6.07) is 5.29. The first-order valence-corrected chi connectivity index (χ1v) is 10.00. The van der Waals surface area contributed by atoms with Crippen LogP contribution in [0.1, 0.15) is 16.7 Å². The largest absolute Gasteiger partial charge is 0.435 e. The van der Waals surface area contributed by atoms with Crippen molar-refractivity contribution in [2.24, 2.45) is 5.73 Å². The highest BCUT2D eigenvalue weighted by molar-refractivity contribution is 9.10. The summed E-state index contributed by atoms with van der Waals surface area (Å²) in [4.78, 5) is 0. The molecule has 0 heterocycles. The number of hydrogen-bond acceptors (Lipinski definition) is 3. The molecule has 0 fully saturated rings. The van der Waals surface area contributed by atoms with Gasteiger partial charge in [-0.3, -0.25) is 0 Å². The average Bonchev–Trinajstić information content (AvgIpc) is 2.68. The Balaban J connectivity index is 2.50. The van der Waals surface area contributed by atoms with Gasteiger partial charge in [0.15, 0.2) is 0 Å². The van der Waals surface area contributed by atoms with Crippen molar-refractivity contribution in [3.8, 4) is 0 Å². The van der Waals surface area contributed by atoms with Crippen molar-refractivity contribution in [2.75, 3.05) is 5.32 Å². The van der Waals surface area contributed by atoms with Gasteiger partial charge in [-0.05, 0) is 51.3 Å². The van der Waals surface area contributed by atoms with E-state index in [0.717, 1.165) is 6.21 Å². The monoisotopic (exact) mass is 565 g/mol. The molecule has 0 aliphatic rings. The Morgan fingerprint density at radius 2 is 1.59 bits per heavy atom. The molecule has 32 heavy (non-hydrogen) atoms. The van der Waals surface area contributed by atoms with Crippen molar-refractivity contribution >= 4 is 56.6 Å². The number of benzene rings is 2. The van der Waals surface area contributed by atoms with Crippen LogP contribution < -0.4 is 11.1 Å². The molecule has 0 aliphatic heterocycles. The summed E-state index contributed by atoms with van der Waals surface area (Å²) in [6.45, 7) is 0.119. The maximum absolute atomic E-state index is 14.3. The number of anilines is 1. The lowest BCUT2D eigenvalue weighted by Gasteiger charge is -2.30. The second kappa shape index (κ2) is 9.58. The van der Waals surface area contributed by atoms with E-state index in [1.165, 1.54) is 6.20 Å². The Bertz CT molecular complexity index is 1020. The molecule has 0 aromatic heterocycles. The second-order valence-electron chi connectivity index (χ2n) is 6.37. The van der Waals surface area contributed by atoms with E-state index in [-0.39, 0.29) is 28.3 Å². The van der Waals surface area contributed by atoms with Crippen molar-refractivity contribution in [1.82, 2.24) is 0 Å². The molecule has 0 radical (unpaired) electrons. The number of rotatable bonds is 6. The van der Waals surface area contributed by atoms with Gasteiger partial charge in [-0.15, -0.1) is 0 Å². The van der Waals surface area contributed by atoms with E-state index in [9.17, 15) is 30.7 Å². The first-order chi connectivity index (χ1) is 14.7. The number of nitrogens with one attached hydrogen (secondary N) is 2. The summed E-state index contributed by atoms with van der Waals surface area (Å²) in [6.07, 6.45) is -10.4. The third-order valence-electron chi connectivity index (χ3n) is 4.35. The molecule has 13 heteroatoms. The third kappa shape index (κ3) is 5.05. The molecule has 0 spiro atoms. The summed E-state index contributed by atoms with van der Waals surface area (Å²) >= 11 is 14.7. The maximum atomic E-state index is 14.3. The first-order valence-electron chi connectivity index (χ1n) is 8.45. The highest BCUT2D eigenvalue weighted by Gasteiger charge is 2.73. The van der Waals surface area contributed by atoms with Gasteiger partial charge in [-0.25, -0.2) is 4.39 Å². The van der Waals surface area contributed by atoms with Crippen molar-refractivity contribution in [2.45, 2.75) is 24.6 Å². The van der Waals surface area contributed by atoms with Gasteiger partial charge in [0.1, 0.15) is 0 Å². The molecule has 0 amide bonds. The first kappa shape index (κ1) is 26.4. The highest BCUT2D eigenvalue weighted by Crippen LogP contribution is 2.54. The molecule has 2 aromatic rings. The Labute approximate surface area is 196 Å². The van der Waals surface area contributed by atoms with Crippen LogP contribution in [-0.2, 0) is 12.2 Å². The van der Waals surface area contributed by atoms with Crippen LogP contribution >= 0.6 is 39.1 Å². The van der Waals surface area contributed by atoms with E-state index >= 15 is 0 Å². The van der Waals surface area contributed by atoms with E-state index in [2.05, 4.69) is 21.2 Å². The van der Waals surface area contributed by atoms with Crippen LogP contribution in [0.25, 0.3) is 5.57 Å². The predicted octanol–water partition coefficient (Wildman–Crippen LogP) is 7.61. The zero-order chi connectivity index (χ0) is 24.5. The van der Waals surface area contributed by atoms with Gasteiger partial charge in [0.25, 0.3) is 0 Å². The van der Waals surface area contributed by atoms with Crippen LogP contribution in [0.15, 0.2) is 41.0 Å². The quantitative estimate of drug-likeness (QED) is 0.249. The standard InChI is InChI=1S/C19H13BrCl2F7N3/c20-13-4-12(17(23,18(24,25)26)19(27,28)29)5-15(22)16(13)32-8-11(7-31)9-1-2-14(21)10(3-9)6-30/h1-5,7-8,31-32H,6,30H2/b11-8+,31-7?. The van der Waals surface area contributed by atoms with Gasteiger partial charge in [0.05, 0.1) is 10.7 Å². The van der Waals surface area contributed by atoms with E-state index in [1.807, 2.05) is 0 Å². The predicted molar refractivity (Wildman–Crippen MR) is 114 cm³/mol. The maximum Gasteiger partial charge on any atom is 0.435 e. The Hall–Kier alpha value is -1.82. The zero-order valence-electron chi connectivity index (χ0n) is 15.6. The molecule has 2 rings (SSSR count). The van der Waals surface area contributed by atoms with Gasteiger partial charge < -0.3 is 16.5 Å². The minimum absolute atomic E-state index is 0.119. The average molecular weight is 567 g/mol. The molecular weight excluding hydrogens is 554 g/mol. The third-order valence-corrected chi connectivity index (χ3v) is 5.64. The lowest BCUT2D eigenvalue weighted by molar-refractivity contribution is -0.348. The molecular formula is C19H13BrCl2F7N3. The zero-order valence-corrected chi connectivity index (χ0v) is 18.7. The van der Waals surface area contributed by atoms with Crippen LogP contribution in [0.2, 0.25) is 10.0 Å². The second-order valence-corrected chi connectivity index (χ2v) is 8.04. The molecule has 0 saturated carbocycles. The van der Waals surface area contributed by atoms with E-state index in [1.54, 1.807) is 18.2 Å². The minimum atomic E-state index is -6.27. The molecule has 0 bridgehead atoms. The molecule has 0 atom stereocenters. The number of allylic oxidation sites excluding steroid dienone is 1. The fraction of sp³-hybridized carbons (Fsp3) is 0.211. The smallest absolute Gasteiger partial charge is 0.359 e. The lowest BCUT2D eigenvalue weighted by atomic mass is 9.94. The molecule has 0 aliphatic carbocycles. The highest BCUT2D eigenvalue weighted by atomic mass is 79.9. The van der Waals surface area contributed by atoms with Crippen LogP contribution in [-0.4, -0.2) is 18.6 Å². The van der Waals surface area contributed by atoms with Crippen molar-refractivity contribution < 1.29 is 30.7 Å². The van der Waals surface area contributed by atoms with Crippen molar-refractivity contribution in [3.05, 3.63) is 67.7 Å². The number of nitrogens with two attached hydrogens (primary N) is 1. The van der Waals surface area contributed by atoms with E-state index in [4.69, 9.17) is 34.3 Å². The fourth-order valence-electron chi connectivity index (χ4n) is 2.67. The summed E-state index contributed by atoms with van der Waals surface area (Å²) in [5, 5.41) is 9.94. The molecule has 174 valence electrons. The minimum Gasteiger partial charge on any atom is -0.359 e. The number of hydrogen-bond donors (Lipinski definition) is 3. The van der Waals surface area contributed by atoms with Crippen LogP contribution in [0.5, 0.6) is 0 Å².